The van der Waals surface area contributed by atoms with Gasteiger partial charge in [-0.3, -0.25) is 4.90 Å². The molecule has 0 aromatic heterocycles. The van der Waals surface area contributed by atoms with E-state index in [1.807, 2.05) is 13.8 Å². The van der Waals surface area contributed by atoms with Gasteiger partial charge in [0.25, 0.3) is 6.43 Å². The predicted molar refractivity (Wildman–Crippen MR) is 101 cm³/mol. The Kier molecular flexibility index (Phi) is 8.71. The number of benzene rings is 1. The molecule has 0 spiro atoms. The van der Waals surface area contributed by atoms with E-state index in [1.165, 1.54) is 12.1 Å². The third kappa shape index (κ3) is 8.07. The number of guanidine groups is 1. The third-order valence-electron chi connectivity index (χ3n) is 4.33. The number of likely N-dealkylation sites (tertiary alicyclic amines) is 1. The predicted octanol–water partition coefficient (Wildman–Crippen LogP) is 2.88. The summed E-state index contributed by atoms with van der Waals surface area (Å²) in [7, 11) is 0. The highest BCUT2D eigenvalue weighted by molar-refractivity contribution is 5.80. The average molecular weight is 386 g/mol. The summed E-state index contributed by atoms with van der Waals surface area (Å²) in [4.78, 5) is 6.35. The maximum atomic E-state index is 12.9. The van der Waals surface area contributed by atoms with Crippen LogP contribution in [0.1, 0.15) is 26.7 Å². The maximum absolute atomic E-state index is 12.9. The van der Waals surface area contributed by atoms with Crippen molar-refractivity contribution in [2.24, 2.45) is 4.99 Å². The van der Waals surface area contributed by atoms with Crippen molar-refractivity contribution in [3.05, 3.63) is 30.1 Å². The molecule has 2 rings (SSSR count). The minimum atomic E-state index is -2.28. The van der Waals surface area contributed by atoms with E-state index in [1.54, 1.807) is 17.0 Å². The quantitative estimate of drug-likeness (QED) is 0.533. The molecule has 1 aromatic rings. The van der Waals surface area contributed by atoms with Gasteiger partial charge in [0.2, 0.25) is 0 Å². The molecule has 1 unspecified atom stereocenters. The van der Waals surface area contributed by atoms with Crippen LogP contribution in [-0.2, 0) is 0 Å². The molecule has 0 aliphatic carbocycles. The van der Waals surface area contributed by atoms with Crippen molar-refractivity contribution < 1.29 is 17.9 Å². The number of piperidine rings is 1. The zero-order valence-electron chi connectivity index (χ0n) is 15.9. The summed E-state index contributed by atoms with van der Waals surface area (Å²) < 4.78 is 43.6. The van der Waals surface area contributed by atoms with Gasteiger partial charge in [-0.2, -0.15) is 0 Å². The molecular weight excluding hydrogens is 357 g/mol. The van der Waals surface area contributed by atoms with E-state index in [-0.39, 0.29) is 24.5 Å². The lowest BCUT2D eigenvalue weighted by Gasteiger charge is -2.32. The first-order valence-corrected chi connectivity index (χ1v) is 9.43. The van der Waals surface area contributed by atoms with Crippen molar-refractivity contribution in [2.75, 3.05) is 32.7 Å². The number of alkyl halides is 2. The van der Waals surface area contributed by atoms with Crippen LogP contribution in [0.2, 0.25) is 0 Å². The number of hydrogen-bond donors (Lipinski definition) is 2. The molecule has 5 nitrogen and oxygen atoms in total. The molecule has 1 fully saturated rings. The number of aliphatic imine (C=N–C) groups is 1. The van der Waals surface area contributed by atoms with Crippen LogP contribution < -0.4 is 15.4 Å². The van der Waals surface area contributed by atoms with Crippen molar-refractivity contribution in [3.8, 4) is 5.75 Å². The highest BCUT2D eigenvalue weighted by Gasteiger charge is 2.22. The second-order valence-corrected chi connectivity index (χ2v) is 6.71. The zero-order valence-corrected chi connectivity index (χ0v) is 15.9. The fourth-order valence-corrected chi connectivity index (χ4v) is 2.97. The highest BCUT2D eigenvalue weighted by Crippen LogP contribution is 2.14. The van der Waals surface area contributed by atoms with E-state index >= 15 is 0 Å². The second-order valence-electron chi connectivity index (χ2n) is 6.71. The summed E-state index contributed by atoms with van der Waals surface area (Å²) in [5.41, 5.74) is 0. The van der Waals surface area contributed by atoms with Crippen LogP contribution >= 0.6 is 0 Å². The van der Waals surface area contributed by atoms with E-state index in [0.717, 1.165) is 19.4 Å². The molecule has 1 aliphatic heterocycles. The molecule has 1 atom stereocenters. The molecule has 1 aliphatic rings. The van der Waals surface area contributed by atoms with Crippen LogP contribution in [0.25, 0.3) is 0 Å². The van der Waals surface area contributed by atoms with Gasteiger partial charge in [0, 0.05) is 25.7 Å². The van der Waals surface area contributed by atoms with E-state index in [4.69, 9.17) is 4.74 Å². The first kappa shape index (κ1) is 21.3. The normalized spacial score (nSPS) is 17.8. The standard InChI is InChI=1S/C19H29F3N4O/c1-3-23-19(25-16-8-10-26(11-9-16)13-18(21)22)24-12-14(2)27-17-6-4-15(20)5-7-17/h4-7,14,16,18H,3,8-13H2,1-2H3,(H2,23,24,25). The summed E-state index contributed by atoms with van der Waals surface area (Å²) in [5, 5.41) is 6.58. The first-order chi connectivity index (χ1) is 13.0. The van der Waals surface area contributed by atoms with E-state index in [0.29, 0.717) is 31.3 Å². The smallest absolute Gasteiger partial charge is 0.251 e. The van der Waals surface area contributed by atoms with E-state index in [2.05, 4.69) is 15.6 Å². The molecule has 0 saturated carbocycles. The molecule has 0 radical (unpaired) electrons. The van der Waals surface area contributed by atoms with Crippen LogP contribution in [0.5, 0.6) is 5.75 Å². The fourth-order valence-electron chi connectivity index (χ4n) is 2.97. The largest absolute Gasteiger partial charge is 0.489 e. The molecule has 1 heterocycles. The van der Waals surface area contributed by atoms with Gasteiger partial charge in [-0.1, -0.05) is 0 Å². The first-order valence-electron chi connectivity index (χ1n) is 9.43. The summed E-state index contributed by atoms with van der Waals surface area (Å²) in [5.74, 6) is 0.995. The number of halogens is 3. The molecule has 152 valence electrons. The Labute approximate surface area is 159 Å². The van der Waals surface area contributed by atoms with E-state index in [9.17, 15) is 13.2 Å². The van der Waals surface area contributed by atoms with Gasteiger partial charge in [0.15, 0.2) is 5.96 Å². The SMILES string of the molecule is CCNC(=NCC(C)Oc1ccc(F)cc1)NC1CCN(CC(F)F)CC1. The molecule has 8 heteroatoms. The summed E-state index contributed by atoms with van der Waals surface area (Å²) in [6.07, 6.45) is -0.841. The zero-order chi connectivity index (χ0) is 19.6. The fraction of sp³-hybridized carbons (Fsp3) is 0.632. The summed E-state index contributed by atoms with van der Waals surface area (Å²) >= 11 is 0. The Hall–Kier alpha value is -1.96. The molecule has 0 amide bonds. The van der Waals surface area contributed by atoms with Crippen LogP contribution in [0.4, 0.5) is 13.2 Å². The molecule has 1 saturated heterocycles. The van der Waals surface area contributed by atoms with Crippen LogP contribution in [0, 0.1) is 5.82 Å². The van der Waals surface area contributed by atoms with Crippen LogP contribution in [-0.4, -0.2) is 62.2 Å². The monoisotopic (exact) mass is 386 g/mol. The van der Waals surface area contributed by atoms with Crippen molar-refractivity contribution in [1.82, 2.24) is 15.5 Å². The minimum absolute atomic E-state index is 0.154. The molecule has 0 bridgehead atoms. The van der Waals surface area contributed by atoms with Gasteiger partial charge in [-0.05, 0) is 51.0 Å². The topological polar surface area (TPSA) is 48.9 Å². The Bertz CT molecular complexity index is 575. The van der Waals surface area contributed by atoms with Gasteiger partial charge < -0.3 is 15.4 Å². The van der Waals surface area contributed by atoms with Crippen molar-refractivity contribution in [1.29, 1.82) is 0 Å². The number of ether oxygens (including phenoxy) is 1. The number of nitrogens with one attached hydrogen (secondary N) is 2. The molecule has 2 N–H and O–H groups in total. The van der Waals surface area contributed by atoms with Gasteiger partial charge in [0.05, 0.1) is 13.1 Å². The molecule has 27 heavy (non-hydrogen) atoms. The summed E-state index contributed by atoms with van der Waals surface area (Å²) in [6, 6.07) is 6.11. The highest BCUT2D eigenvalue weighted by atomic mass is 19.3. The third-order valence-corrected chi connectivity index (χ3v) is 4.33. The molecule has 1 aromatic carbocycles. The lowest BCUT2D eigenvalue weighted by molar-refractivity contribution is 0.0744. The van der Waals surface area contributed by atoms with Gasteiger partial charge in [-0.15, -0.1) is 0 Å². The number of hydrogen-bond acceptors (Lipinski definition) is 3. The minimum Gasteiger partial charge on any atom is -0.489 e. The number of rotatable bonds is 8. The average Bonchev–Trinajstić information content (AvgIpc) is 2.63. The van der Waals surface area contributed by atoms with Crippen LogP contribution in [0.15, 0.2) is 29.3 Å². The van der Waals surface area contributed by atoms with Gasteiger partial charge in [0.1, 0.15) is 17.7 Å². The number of nitrogens with zero attached hydrogens (tertiary/aromatic N) is 2. The molecular formula is C19H29F3N4O. The second kappa shape index (κ2) is 11.0. The Morgan fingerprint density at radius 2 is 1.93 bits per heavy atom. The lowest BCUT2D eigenvalue weighted by Crippen LogP contribution is -2.49. The Balaban J connectivity index is 1.80. The van der Waals surface area contributed by atoms with Crippen molar-refractivity contribution in [3.63, 3.8) is 0 Å². The van der Waals surface area contributed by atoms with Gasteiger partial charge in [-0.25, -0.2) is 18.2 Å². The van der Waals surface area contributed by atoms with Crippen molar-refractivity contribution >= 4 is 5.96 Å². The van der Waals surface area contributed by atoms with Crippen LogP contribution in [0.3, 0.4) is 0 Å². The lowest BCUT2D eigenvalue weighted by atomic mass is 10.1. The van der Waals surface area contributed by atoms with Gasteiger partial charge >= 0.3 is 0 Å². The maximum Gasteiger partial charge on any atom is 0.251 e. The Morgan fingerprint density at radius 3 is 2.52 bits per heavy atom. The van der Waals surface area contributed by atoms with Crippen molar-refractivity contribution in [2.45, 2.75) is 45.3 Å². The van der Waals surface area contributed by atoms with E-state index < -0.39 is 6.43 Å². The summed E-state index contributed by atoms with van der Waals surface area (Å²) in [6.45, 7) is 6.22. The Morgan fingerprint density at radius 1 is 1.26 bits per heavy atom.